The molecule has 2 fully saturated rings. The Labute approximate surface area is 231 Å². The molecule has 2 atom stereocenters. The number of aromatic nitrogens is 2. The first kappa shape index (κ1) is 27.1. The lowest BCUT2D eigenvalue weighted by Crippen LogP contribution is -2.49. The number of piperazine rings is 2. The molecule has 10 nitrogen and oxygen atoms in total. The molecule has 0 spiro atoms. The van der Waals surface area contributed by atoms with Crippen molar-refractivity contribution in [1.29, 1.82) is 0 Å². The fraction of sp³-hybridized carbons (Fsp3) is 0.538. The smallest absolute Gasteiger partial charge is 0.185 e. The van der Waals surface area contributed by atoms with Crippen molar-refractivity contribution in [2.45, 2.75) is 12.2 Å². The quantitative estimate of drug-likeness (QED) is 0.341. The third-order valence-electron chi connectivity index (χ3n) is 6.77. The Bertz CT molecular complexity index is 971. The third kappa shape index (κ3) is 7.78. The zero-order chi connectivity index (χ0) is 26.2. The predicted molar refractivity (Wildman–Crippen MR) is 151 cm³/mol. The van der Waals surface area contributed by atoms with Crippen LogP contribution in [0.3, 0.4) is 0 Å². The molecule has 3 aromatic rings. The molecule has 0 unspecified atom stereocenters. The van der Waals surface area contributed by atoms with Gasteiger partial charge in [-0.05, 0) is 24.3 Å². The monoisotopic (exact) mass is 560 g/mol. The lowest BCUT2D eigenvalue weighted by molar-refractivity contribution is 0.0650. The number of anilines is 2. The molecule has 1 aromatic carbocycles. The summed E-state index contributed by atoms with van der Waals surface area (Å²) in [5.74, 6) is 1.37. The zero-order valence-electron chi connectivity index (χ0n) is 21.5. The molecule has 4 heterocycles. The molecular formula is C26H36N6O4S2. The summed E-state index contributed by atoms with van der Waals surface area (Å²) in [6.45, 7) is 8.92. The number of ether oxygens (including phenoxy) is 2. The topological polar surface area (TPSA) is 97.7 Å². The van der Waals surface area contributed by atoms with Crippen molar-refractivity contribution in [2.75, 3.05) is 88.5 Å². The Balaban J connectivity index is 0.951. The van der Waals surface area contributed by atoms with Gasteiger partial charge in [-0.3, -0.25) is 9.80 Å². The summed E-state index contributed by atoms with van der Waals surface area (Å²) < 4.78 is 11.6. The van der Waals surface area contributed by atoms with Crippen LogP contribution in [0.2, 0.25) is 0 Å². The number of benzene rings is 1. The average Bonchev–Trinajstić information content (AvgIpc) is 3.68. The van der Waals surface area contributed by atoms with Crippen molar-refractivity contribution in [3.05, 3.63) is 47.4 Å². The molecule has 0 bridgehead atoms. The Morgan fingerprint density at radius 2 is 1.05 bits per heavy atom. The van der Waals surface area contributed by atoms with Gasteiger partial charge in [0, 0.05) is 88.6 Å². The largest absolute Gasteiger partial charge is 0.491 e. The summed E-state index contributed by atoms with van der Waals surface area (Å²) in [5, 5.41) is 27.0. The molecule has 12 heteroatoms. The van der Waals surface area contributed by atoms with E-state index in [2.05, 4.69) is 29.6 Å². The van der Waals surface area contributed by atoms with Crippen molar-refractivity contribution in [3.8, 4) is 11.5 Å². The number of rotatable bonds is 12. The highest BCUT2D eigenvalue weighted by atomic mass is 32.1. The minimum atomic E-state index is -0.559. The Hall–Kier alpha value is -2.48. The van der Waals surface area contributed by atoms with Gasteiger partial charge in [0.2, 0.25) is 0 Å². The number of aliphatic hydroxyl groups excluding tert-OH is 2. The summed E-state index contributed by atoms with van der Waals surface area (Å²) in [4.78, 5) is 17.9. The van der Waals surface area contributed by atoms with Crippen LogP contribution in [0.25, 0.3) is 0 Å². The molecule has 2 aromatic heterocycles. The second-order valence-corrected chi connectivity index (χ2v) is 11.4. The lowest BCUT2D eigenvalue weighted by atomic mass is 10.2. The van der Waals surface area contributed by atoms with E-state index >= 15 is 0 Å². The molecule has 206 valence electrons. The van der Waals surface area contributed by atoms with Gasteiger partial charge < -0.3 is 29.5 Å². The van der Waals surface area contributed by atoms with Crippen molar-refractivity contribution in [2.24, 2.45) is 0 Å². The zero-order valence-corrected chi connectivity index (χ0v) is 23.1. The van der Waals surface area contributed by atoms with Crippen LogP contribution < -0.4 is 19.3 Å². The van der Waals surface area contributed by atoms with Gasteiger partial charge in [0.1, 0.15) is 36.9 Å². The van der Waals surface area contributed by atoms with Gasteiger partial charge in [0.05, 0.1) is 0 Å². The maximum atomic E-state index is 10.5. The normalized spacial score (nSPS) is 18.9. The molecule has 0 saturated carbocycles. The van der Waals surface area contributed by atoms with Gasteiger partial charge in [-0.25, -0.2) is 9.97 Å². The number of hydrogen-bond donors (Lipinski definition) is 2. The molecular weight excluding hydrogens is 524 g/mol. The highest BCUT2D eigenvalue weighted by molar-refractivity contribution is 7.13. The lowest BCUT2D eigenvalue weighted by Gasteiger charge is -2.35. The number of thiazole rings is 2. The number of hydrogen-bond acceptors (Lipinski definition) is 12. The van der Waals surface area contributed by atoms with Crippen molar-refractivity contribution < 1.29 is 19.7 Å². The van der Waals surface area contributed by atoms with Crippen molar-refractivity contribution in [1.82, 2.24) is 19.8 Å². The Morgan fingerprint density at radius 3 is 1.39 bits per heavy atom. The van der Waals surface area contributed by atoms with Gasteiger partial charge in [-0.2, -0.15) is 0 Å². The van der Waals surface area contributed by atoms with E-state index in [1.165, 1.54) is 0 Å². The van der Waals surface area contributed by atoms with E-state index in [1.807, 2.05) is 47.4 Å². The van der Waals surface area contributed by atoms with Crippen LogP contribution in [0, 0.1) is 0 Å². The van der Waals surface area contributed by atoms with E-state index in [1.54, 1.807) is 22.7 Å². The van der Waals surface area contributed by atoms with Gasteiger partial charge in [0.15, 0.2) is 10.3 Å². The minimum absolute atomic E-state index is 0.238. The summed E-state index contributed by atoms with van der Waals surface area (Å²) >= 11 is 3.33. The van der Waals surface area contributed by atoms with Crippen LogP contribution in [-0.2, 0) is 0 Å². The molecule has 0 radical (unpaired) electrons. The molecule has 0 amide bonds. The van der Waals surface area contributed by atoms with E-state index in [9.17, 15) is 10.2 Å². The fourth-order valence-corrected chi connectivity index (χ4v) is 6.10. The van der Waals surface area contributed by atoms with Crippen molar-refractivity contribution >= 4 is 32.9 Å². The Kier molecular flexibility index (Phi) is 9.66. The van der Waals surface area contributed by atoms with Gasteiger partial charge >= 0.3 is 0 Å². The standard InChI is InChI=1S/C26H36N6O4S2/c33-21(17-29-7-11-31(12-8-29)25-27-5-15-37-25)19-35-23-1-2-24(4-3-23)36-20-22(34)18-30-9-13-32(14-10-30)26-28-6-16-38-26/h1-6,15-16,21-22,33-34H,7-14,17-20H2/t21-,22-/m1/s1. The van der Waals surface area contributed by atoms with Crippen LogP contribution in [-0.4, -0.2) is 121 Å². The maximum absolute atomic E-state index is 10.5. The first-order valence-corrected chi connectivity index (χ1v) is 14.8. The van der Waals surface area contributed by atoms with E-state index < -0.39 is 12.2 Å². The third-order valence-corrected chi connectivity index (χ3v) is 8.44. The van der Waals surface area contributed by atoms with E-state index in [0.29, 0.717) is 24.6 Å². The molecule has 2 N–H and O–H groups in total. The van der Waals surface area contributed by atoms with Crippen LogP contribution in [0.1, 0.15) is 0 Å². The van der Waals surface area contributed by atoms with Crippen LogP contribution in [0.15, 0.2) is 47.4 Å². The summed E-state index contributed by atoms with van der Waals surface area (Å²) in [5.41, 5.74) is 0. The van der Waals surface area contributed by atoms with Crippen LogP contribution >= 0.6 is 22.7 Å². The van der Waals surface area contributed by atoms with Gasteiger partial charge in [-0.15, -0.1) is 22.7 Å². The van der Waals surface area contributed by atoms with Crippen LogP contribution in [0.4, 0.5) is 10.3 Å². The molecule has 2 saturated heterocycles. The number of aliphatic hydroxyl groups is 2. The number of β-amino-alcohol motifs (C(OH)–C–C–N with tert-alkyl or cyclic N) is 2. The second kappa shape index (κ2) is 13.5. The van der Waals surface area contributed by atoms with Gasteiger partial charge in [0.25, 0.3) is 0 Å². The van der Waals surface area contributed by atoms with Gasteiger partial charge in [-0.1, -0.05) is 0 Å². The summed E-state index contributed by atoms with van der Waals surface area (Å²) in [7, 11) is 0. The van der Waals surface area contributed by atoms with E-state index in [-0.39, 0.29) is 13.2 Å². The average molecular weight is 561 g/mol. The van der Waals surface area contributed by atoms with Crippen LogP contribution in [0.5, 0.6) is 11.5 Å². The number of nitrogens with zero attached hydrogens (tertiary/aromatic N) is 6. The molecule has 38 heavy (non-hydrogen) atoms. The maximum Gasteiger partial charge on any atom is 0.185 e. The summed E-state index contributed by atoms with van der Waals surface area (Å²) in [6.07, 6.45) is 2.56. The molecule has 5 rings (SSSR count). The fourth-order valence-electron chi connectivity index (χ4n) is 4.71. The molecule has 0 aliphatic carbocycles. The highest BCUT2D eigenvalue weighted by Crippen LogP contribution is 2.21. The SMILES string of the molecule is O[C@@H](COc1ccc(OC[C@H](O)CN2CCN(c3nccs3)CC2)cc1)CN1CCN(c2nccs2)CC1. The first-order valence-electron chi connectivity index (χ1n) is 13.1. The van der Waals surface area contributed by atoms with E-state index in [0.717, 1.165) is 62.6 Å². The Morgan fingerprint density at radius 1 is 0.658 bits per heavy atom. The first-order chi connectivity index (χ1) is 18.6. The molecule has 2 aliphatic rings. The van der Waals surface area contributed by atoms with Crippen molar-refractivity contribution in [3.63, 3.8) is 0 Å². The minimum Gasteiger partial charge on any atom is -0.491 e. The molecule has 2 aliphatic heterocycles. The van der Waals surface area contributed by atoms with E-state index in [4.69, 9.17) is 9.47 Å². The summed E-state index contributed by atoms with van der Waals surface area (Å²) in [6, 6.07) is 7.33. The highest BCUT2D eigenvalue weighted by Gasteiger charge is 2.22. The second-order valence-electron chi connectivity index (χ2n) is 9.61. The predicted octanol–water partition coefficient (Wildman–Crippen LogP) is 1.72.